The summed E-state index contributed by atoms with van der Waals surface area (Å²) in [7, 11) is 1.55. The second-order valence-electron chi connectivity index (χ2n) is 6.07. The maximum atomic E-state index is 13.1. The van der Waals surface area contributed by atoms with Crippen LogP contribution in [-0.2, 0) is 0 Å². The van der Waals surface area contributed by atoms with Gasteiger partial charge in [-0.15, -0.1) is 0 Å². The zero-order valence-electron chi connectivity index (χ0n) is 13.4. The number of carbonyl (C=O) groups excluding carboxylic acids is 2. The van der Waals surface area contributed by atoms with Crippen molar-refractivity contribution in [3.63, 3.8) is 0 Å². The molecule has 1 fully saturated rings. The fourth-order valence-electron chi connectivity index (χ4n) is 3.06. The zero-order chi connectivity index (χ0) is 16.7. The number of ether oxygens (including phenoxy) is 1. The lowest BCUT2D eigenvalue weighted by atomic mass is 10.0. The second-order valence-corrected chi connectivity index (χ2v) is 6.07. The molecule has 1 saturated carbocycles. The van der Waals surface area contributed by atoms with E-state index in [0.29, 0.717) is 22.6 Å². The summed E-state index contributed by atoms with van der Waals surface area (Å²) in [4.78, 5) is 25.6. The van der Waals surface area contributed by atoms with Gasteiger partial charge in [0.25, 0.3) is 0 Å². The van der Waals surface area contributed by atoms with Gasteiger partial charge in [0, 0.05) is 17.7 Å². The molecule has 0 saturated heterocycles. The monoisotopic (exact) mass is 319 g/mol. The van der Waals surface area contributed by atoms with E-state index in [2.05, 4.69) is 0 Å². The van der Waals surface area contributed by atoms with Crippen molar-refractivity contribution in [1.82, 2.24) is 4.40 Å². The molecule has 0 amide bonds. The van der Waals surface area contributed by atoms with Crippen molar-refractivity contribution in [1.29, 1.82) is 0 Å². The fourth-order valence-corrected chi connectivity index (χ4v) is 3.06. The maximum Gasteiger partial charge on any atom is 0.198 e. The summed E-state index contributed by atoms with van der Waals surface area (Å²) in [6.45, 7) is 0. The molecule has 0 unspecified atom stereocenters. The number of Topliss-reactive ketones (excluding diaryl/α,β-unsaturated/α-hetero) is 1. The Bertz CT molecular complexity index is 950. The molecule has 120 valence electrons. The van der Waals surface area contributed by atoms with Crippen LogP contribution in [0.25, 0.3) is 5.52 Å². The van der Waals surface area contributed by atoms with E-state index in [1.165, 1.54) is 0 Å². The van der Waals surface area contributed by atoms with E-state index in [4.69, 9.17) is 4.74 Å². The molecular formula is C20H17NO3. The van der Waals surface area contributed by atoms with E-state index in [9.17, 15) is 9.59 Å². The number of hydrogen-bond donors (Lipinski definition) is 0. The third-order valence-electron chi connectivity index (χ3n) is 4.47. The minimum atomic E-state index is -0.133. The number of fused-ring (bicyclic) bond motifs is 1. The number of benzene rings is 1. The Morgan fingerprint density at radius 2 is 1.79 bits per heavy atom. The minimum absolute atomic E-state index is 0.109. The third kappa shape index (κ3) is 2.31. The Labute approximate surface area is 139 Å². The van der Waals surface area contributed by atoms with Crippen molar-refractivity contribution < 1.29 is 14.3 Å². The van der Waals surface area contributed by atoms with Crippen molar-refractivity contribution in [3.8, 4) is 5.75 Å². The predicted octanol–water partition coefficient (Wildman–Crippen LogP) is 3.77. The number of carbonyl (C=O) groups is 2. The van der Waals surface area contributed by atoms with Gasteiger partial charge in [-0.05, 0) is 43.2 Å². The normalized spacial score (nSPS) is 13.9. The predicted molar refractivity (Wildman–Crippen MR) is 90.9 cm³/mol. The first kappa shape index (κ1) is 14.7. The molecule has 4 heteroatoms. The molecule has 1 aromatic carbocycles. The highest BCUT2D eigenvalue weighted by molar-refractivity contribution is 6.16. The summed E-state index contributed by atoms with van der Waals surface area (Å²) in [6, 6.07) is 14.5. The molecule has 0 aliphatic heterocycles. The van der Waals surface area contributed by atoms with Gasteiger partial charge in [0.2, 0.25) is 0 Å². The summed E-state index contributed by atoms with van der Waals surface area (Å²) in [5.41, 5.74) is 2.37. The molecule has 0 radical (unpaired) electrons. The lowest BCUT2D eigenvalue weighted by Gasteiger charge is -2.06. The molecule has 24 heavy (non-hydrogen) atoms. The first-order chi connectivity index (χ1) is 11.7. The van der Waals surface area contributed by atoms with Crippen molar-refractivity contribution in [3.05, 3.63) is 71.5 Å². The molecule has 4 rings (SSSR count). The van der Waals surface area contributed by atoms with Crippen LogP contribution in [0.1, 0.15) is 39.3 Å². The number of pyridine rings is 1. The summed E-state index contributed by atoms with van der Waals surface area (Å²) in [5.74, 6) is 0.631. The van der Waals surface area contributed by atoms with Gasteiger partial charge in [0.1, 0.15) is 5.75 Å². The molecular weight excluding hydrogens is 302 g/mol. The van der Waals surface area contributed by atoms with Crippen molar-refractivity contribution in [2.75, 3.05) is 7.11 Å². The molecule has 0 spiro atoms. The number of para-hydroxylation sites is 1. The first-order valence-corrected chi connectivity index (χ1v) is 8.02. The Morgan fingerprint density at radius 1 is 1.04 bits per heavy atom. The molecule has 0 bridgehead atoms. The zero-order valence-corrected chi connectivity index (χ0v) is 13.4. The van der Waals surface area contributed by atoms with E-state index < -0.39 is 0 Å². The topological polar surface area (TPSA) is 47.8 Å². The lowest BCUT2D eigenvalue weighted by molar-refractivity contribution is 0.0962. The van der Waals surface area contributed by atoms with Crippen LogP contribution < -0.4 is 4.74 Å². The Balaban J connectivity index is 1.87. The molecule has 3 aromatic rings. The summed E-state index contributed by atoms with van der Waals surface area (Å²) < 4.78 is 7.13. The van der Waals surface area contributed by atoms with Crippen LogP contribution in [0.15, 0.2) is 54.7 Å². The Morgan fingerprint density at radius 3 is 2.54 bits per heavy atom. The van der Waals surface area contributed by atoms with Crippen molar-refractivity contribution >= 4 is 17.1 Å². The highest BCUT2D eigenvalue weighted by Crippen LogP contribution is 2.34. The van der Waals surface area contributed by atoms with Crippen LogP contribution in [0, 0.1) is 5.92 Å². The van der Waals surface area contributed by atoms with E-state index in [1.807, 2.05) is 40.9 Å². The average Bonchev–Trinajstić information content (AvgIpc) is 3.41. The van der Waals surface area contributed by atoms with Gasteiger partial charge in [-0.25, -0.2) is 0 Å². The van der Waals surface area contributed by atoms with Crippen molar-refractivity contribution in [2.24, 2.45) is 5.92 Å². The average molecular weight is 319 g/mol. The van der Waals surface area contributed by atoms with Crippen LogP contribution in [-0.4, -0.2) is 23.1 Å². The van der Waals surface area contributed by atoms with Crippen LogP contribution >= 0.6 is 0 Å². The quantitative estimate of drug-likeness (QED) is 0.673. The molecule has 2 aromatic heterocycles. The first-order valence-electron chi connectivity index (χ1n) is 8.02. The molecule has 2 heterocycles. The second kappa shape index (κ2) is 5.64. The van der Waals surface area contributed by atoms with Crippen molar-refractivity contribution in [2.45, 2.75) is 12.8 Å². The van der Waals surface area contributed by atoms with Gasteiger partial charge in [0.15, 0.2) is 11.6 Å². The van der Waals surface area contributed by atoms with Crippen LogP contribution in [0.5, 0.6) is 5.75 Å². The largest absolute Gasteiger partial charge is 0.496 e. The molecule has 0 atom stereocenters. The van der Waals surface area contributed by atoms with Gasteiger partial charge in [-0.3, -0.25) is 9.59 Å². The number of nitrogens with zero attached hydrogens (tertiary/aromatic N) is 1. The number of methoxy groups -OCH3 is 1. The molecule has 1 aliphatic rings. The van der Waals surface area contributed by atoms with E-state index in [0.717, 1.165) is 18.4 Å². The Hall–Kier alpha value is -2.88. The highest BCUT2D eigenvalue weighted by atomic mass is 16.5. The molecule has 0 N–H and O–H groups in total. The maximum absolute atomic E-state index is 13.1. The van der Waals surface area contributed by atoms with Crippen LogP contribution in [0.2, 0.25) is 0 Å². The van der Waals surface area contributed by atoms with E-state index in [-0.39, 0.29) is 17.5 Å². The van der Waals surface area contributed by atoms with Crippen LogP contribution in [0.4, 0.5) is 0 Å². The summed E-state index contributed by atoms with van der Waals surface area (Å²) >= 11 is 0. The summed E-state index contributed by atoms with van der Waals surface area (Å²) in [6.07, 6.45) is 3.72. The van der Waals surface area contributed by atoms with Crippen LogP contribution in [0.3, 0.4) is 0 Å². The Kier molecular flexibility index (Phi) is 3.45. The molecule has 1 aliphatic carbocycles. The smallest absolute Gasteiger partial charge is 0.198 e. The number of hydrogen-bond acceptors (Lipinski definition) is 3. The standard InChI is InChI=1S/C20H17NO3/c1-24-18-8-3-2-6-14(18)20(23)15-12-17(19(22)13-9-10-13)21-11-5-4-7-16(15)21/h2-8,11-13H,9-10H2,1H3. The number of ketones is 2. The summed E-state index contributed by atoms with van der Waals surface area (Å²) in [5, 5.41) is 0. The van der Waals surface area contributed by atoms with Gasteiger partial charge in [0.05, 0.1) is 23.9 Å². The van der Waals surface area contributed by atoms with E-state index in [1.54, 1.807) is 25.3 Å². The van der Waals surface area contributed by atoms with Gasteiger partial charge in [-0.1, -0.05) is 18.2 Å². The minimum Gasteiger partial charge on any atom is -0.496 e. The molecule has 4 nitrogen and oxygen atoms in total. The SMILES string of the molecule is COc1ccccc1C(=O)c1cc(C(=O)C2CC2)n2ccccc12. The van der Waals surface area contributed by atoms with Gasteiger partial charge >= 0.3 is 0 Å². The van der Waals surface area contributed by atoms with Gasteiger partial charge < -0.3 is 9.14 Å². The number of aromatic nitrogens is 1. The number of rotatable bonds is 5. The third-order valence-corrected chi connectivity index (χ3v) is 4.47. The van der Waals surface area contributed by atoms with Gasteiger partial charge in [-0.2, -0.15) is 0 Å². The highest BCUT2D eigenvalue weighted by Gasteiger charge is 2.33. The fraction of sp³-hybridized carbons (Fsp3) is 0.200. The van der Waals surface area contributed by atoms with E-state index >= 15 is 0 Å². The lowest BCUT2D eigenvalue weighted by Crippen LogP contribution is -2.04.